The lowest BCUT2D eigenvalue weighted by atomic mass is 9.99. The number of hydrogen-bond donors (Lipinski definition) is 3. The highest BCUT2D eigenvalue weighted by Crippen LogP contribution is 2.38. The fraction of sp³-hybridized carbons (Fsp3) is 0.368. The standard InChI is InChI=1S/C19H22N6O2/c1-3-4-12-5-6-19(9-12)24-17(26)16-11(2)7-13(18(27)25(16)19)23-15-8-14(20)21-10-22-15/h5-8,10,12H,3-4,9H2,1-2H3,(H,24,26)(H3,20,21,22,23). The molecule has 2 aromatic heterocycles. The van der Waals surface area contributed by atoms with E-state index in [9.17, 15) is 9.59 Å². The van der Waals surface area contributed by atoms with Gasteiger partial charge in [-0.05, 0) is 43.4 Å². The summed E-state index contributed by atoms with van der Waals surface area (Å²) < 4.78 is 1.59. The lowest BCUT2D eigenvalue weighted by molar-refractivity contribution is 0.0934. The van der Waals surface area contributed by atoms with Gasteiger partial charge in [-0.2, -0.15) is 0 Å². The molecule has 0 aromatic carbocycles. The molecule has 1 aliphatic carbocycles. The van der Waals surface area contributed by atoms with Gasteiger partial charge in [-0.25, -0.2) is 9.97 Å². The molecule has 4 rings (SSSR count). The van der Waals surface area contributed by atoms with E-state index in [2.05, 4.69) is 33.6 Å². The molecular formula is C19H22N6O2. The molecule has 0 saturated carbocycles. The Bertz CT molecular complexity index is 1010. The van der Waals surface area contributed by atoms with Crippen LogP contribution in [0.3, 0.4) is 0 Å². The molecule has 1 aliphatic heterocycles. The van der Waals surface area contributed by atoms with E-state index in [-0.39, 0.29) is 11.5 Å². The Kier molecular flexibility index (Phi) is 3.98. The van der Waals surface area contributed by atoms with Crippen molar-refractivity contribution in [2.45, 2.75) is 38.8 Å². The van der Waals surface area contributed by atoms with Crippen LogP contribution in [0.2, 0.25) is 0 Å². The lowest BCUT2D eigenvalue weighted by Gasteiger charge is -2.27. The van der Waals surface area contributed by atoms with Gasteiger partial charge in [0.2, 0.25) is 0 Å². The first-order valence-corrected chi connectivity index (χ1v) is 9.07. The van der Waals surface area contributed by atoms with Gasteiger partial charge in [0.05, 0.1) is 0 Å². The van der Waals surface area contributed by atoms with Crippen LogP contribution in [0.25, 0.3) is 0 Å². The van der Waals surface area contributed by atoms with Crippen molar-refractivity contribution in [3.8, 4) is 0 Å². The van der Waals surface area contributed by atoms with Crippen LogP contribution in [0.5, 0.6) is 0 Å². The number of aromatic nitrogens is 3. The van der Waals surface area contributed by atoms with Crippen molar-refractivity contribution in [3.05, 3.63) is 52.2 Å². The first-order chi connectivity index (χ1) is 12.9. The Balaban J connectivity index is 1.80. The number of hydrogen-bond acceptors (Lipinski definition) is 6. The van der Waals surface area contributed by atoms with Crippen LogP contribution in [0.1, 0.15) is 42.2 Å². The zero-order valence-corrected chi connectivity index (χ0v) is 15.3. The van der Waals surface area contributed by atoms with Crippen LogP contribution < -0.4 is 21.9 Å². The molecule has 1 spiro atoms. The summed E-state index contributed by atoms with van der Waals surface area (Å²) in [6, 6.07) is 3.23. The summed E-state index contributed by atoms with van der Waals surface area (Å²) in [6.45, 7) is 3.96. The second-order valence-electron chi connectivity index (χ2n) is 7.17. The Morgan fingerprint density at radius 2 is 2.19 bits per heavy atom. The smallest absolute Gasteiger partial charge is 0.277 e. The number of anilines is 3. The lowest BCUT2D eigenvalue weighted by Crippen LogP contribution is -2.45. The van der Waals surface area contributed by atoms with E-state index in [0.29, 0.717) is 35.4 Å². The van der Waals surface area contributed by atoms with E-state index < -0.39 is 5.66 Å². The molecule has 0 bridgehead atoms. The molecule has 0 radical (unpaired) electrons. The minimum absolute atomic E-state index is 0.218. The monoisotopic (exact) mass is 366 g/mol. The highest BCUT2D eigenvalue weighted by molar-refractivity contribution is 5.97. The number of carbonyl (C=O) groups excluding carboxylic acids is 1. The molecule has 2 aromatic rings. The SMILES string of the molecule is CCCC1C=CC2(C1)NC(=O)c1c(C)cc(Nc3cc(N)ncn3)c(=O)n12. The largest absolute Gasteiger partial charge is 0.384 e. The number of rotatable bonds is 4. The van der Waals surface area contributed by atoms with Gasteiger partial charge in [0.1, 0.15) is 35.0 Å². The third kappa shape index (κ3) is 2.77. The van der Waals surface area contributed by atoms with Gasteiger partial charge in [-0.3, -0.25) is 14.2 Å². The zero-order valence-electron chi connectivity index (χ0n) is 15.3. The number of allylic oxidation sites excluding steroid dienone is 1. The van der Waals surface area contributed by atoms with Crippen molar-refractivity contribution >= 4 is 23.2 Å². The van der Waals surface area contributed by atoms with Gasteiger partial charge in [0, 0.05) is 6.07 Å². The molecule has 27 heavy (non-hydrogen) atoms. The minimum Gasteiger partial charge on any atom is -0.384 e. The van der Waals surface area contributed by atoms with Crippen molar-refractivity contribution in [3.63, 3.8) is 0 Å². The van der Waals surface area contributed by atoms with Crippen LogP contribution in [-0.4, -0.2) is 20.4 Å². The van der Waals surface area contributed by atoms with E-state index in [1.54, 1.807) is 16.7 Å². The fourth-order valence-corrected chi connectivity index (χ4v) is 4.04. The van der Waals surface area contributed by atoms with Gasteiger partial charge < -0.3 is 16.4 Å². The highest BCUT2D eigenvalue weighted by Gasteiger charge is 2.46. The Morgan fingerprint density at radius 1 is 1.37 bits per heavy atom. The predicted molar refractivity (Wildman–Crippen MR) is 103 cm³/mol. The third-order valence-corrected chi connectivity index (χ3v) is 5.16. The van der Waals surface area contributed by atoms with Crippen molar-refractivity contribution in [1.82, 2.24) is 19.9 Å². The number of amides is 1. The number of aryl methyl sites for hydroxylation is 1. The number of nitrogens with zero attached hydrogens (tertiary/aromatic N) is 3. The molecular weight excluding hydrogens is 344 g/mol. The summed E-state index contributed by atoms with van der Waals surface area (Å²) in [6.07, 6.45) is 8.15. The van der Waals surface area contributed by atoms with Gasteiger partial charge in [0.25, 0.3) is 11.5 Å². The molecule has 2 unspecified atom stereocenters. The molecule has 1 amide bonds. The maximum atomic E-state index is 13.3. The van der Waals surface area contributed by atoms with E-state index in [1.807, 2.05) is 13.0 Å². The summed E-state index contributed by atoms with van der Waals surface area (Å²) in [5.74, 6) is 0.854. The molecule has 0 saturated heterocycles. The van der Waals surface area contributed by atoms with Crippen molar-refractivity contribution in [2.24, 2.45) is 5.92 Å². The molecule has 3 heterocycles. The Morgan fingerprint density at radius 3 is 2.93 bits per heavy atom. The van der Waals surface area contributed by atoms with Gasteiger partial charge >= 0.3 is 0 Å². The summed E-state index contributed by atoms with van der Waals surface area (Å²) >= 11 is 0. The van der Waals surface area contributed by atoms with E-state index in [0.717, 1.165) is 18.4 Å². The van der Waals surface area contributed by atoms with Gasteiger partial charge in [-0.1, -0.05) is 19.4 Å². The van der Waals surface area contributed by atoms with Crippen LogP contribution in [0.15, 0.2) is 35.4 Å². The fourth-order valence-electron chi connectivity index (χ4n) is 4.04. The Labute approximate surface area is 156 Å². The average molecular weight is 366 g/mol. The number of nitrogens with two attached hydrogens (primary N) is 1. The maximum Gasteiger partial charge on any atom is 0.277 e. The number of pyridine rings is 1. The molecule has 0 fully saturated rings. The van der Waals surface area contributed by atoms with Gasteiger partial charge in [0.15, 0.2) is 0 Å². The second-order valence-corrected chi connectivity index (χ2v) is 7.17. The normalized spacial score (nSPS) is 22.9. The van der Waals surface area contributed by atoms with E-state index in [1.165, 1.54) is 6.33 Å². The summed E-state index contributed by atoms with van der Waals surface area (Å²) in [5.41, 5.74) is 6.10. The second kappa shape index (κ2) is 6.22. The highest BCUT2D eigenvalue weighted by atomic mass is 16.2. The van der Waals surface area contributed by atoms with Crippen LogP contribution >= 0.6 is 0 Å². The summed E-state index contributed by atoms with van der Waals surface area (Å²) in [7, 11) is 0. The number of nitrogens with one attached hydrogen (secondary N) is 2. The number of carbonyl (C=O) groups is 1. The minimum atomic E-state index is -0.795. The third-order valence-electron chi connectivity index (χ3n) is 5.16. The molecule has 140 valence electrons. The summed E-state index contributed by atoms with van der Waals surface area (Å²) in [4.78, 5) is 33.8. The molecule has 2 atom stereocenters. The molecule has 4 N–H and O–H groups in total. The van der Waals surface area contributed by atoms with Crippen LogP contribution in [-0.2, 0) is 5.66 Å². The molecule has 8 heteroatoms. The van der Waals surface area contributed by atoms with Crippen molar-refractivity contribution in [2.75, 3.05) is 11.1 Å². The molecule has 8 nitrogen and oxygen atoms in total. The van der Waals surface area contributed by atoms with Crippen LogP contribution in [0, 0.1) is 12.8 Å². The quantitative estimate of drug-likeness (QED) is 0.714. The van der Waals surface area contributed by atoms with E-state index >= 15 is 0 Å². The maximum absolute atomic E-state index is 13.3. The number of nitrogen functional groups attached to an aromatic ring is 1. The first kappa shape index (κ1) is 17.3. The summed E-state index contributed by atoms with van der Waals surface area (Å²) in [5, 5.41) is 6.04. The Hall–Kier alpha value is -3.16. The van der Waals surface area contributed by atoms with E-state index in [4.69, 9.17) is 5.73 Å². The van der Waals surface area contributed by atoms with Gasteiger partial charge in [-0.15, -0.1) is 0 Å². The zero-order chi connectivity index (χ0) is 19.2. The topological polar surface area (TPSA) is 115 Å². The molecule has 2 aliphatic rings. The predicted octanol–water partition coefficient (Wildman–Crippen LogP) is 2.04. The first-order valence-electron chi connectivity index (χ1n) is 9.07. The van der Waals surface area contributed by atoms with Crippen molar-refractivity contribution < 1.29 is 4.79 Å². The van der Waals surface area contributed by atoms with Crippen LogP contribution in [0.4, 0.5) is 17.3 Å². The van der Waals surface area contributed by atoms with Crippen molar-refractivity contribution in [1.29, 1.82) is 0 Å². The average Bonchev–Trinajstić information content (AvgIpc) is 3.14. The number of fused-ring (bicyclic) bond motifs is 2.